The molecule has 25 heavy (non-hydrogen) atoms. The summed E-state index contributed by atoms with van der Waals surface area (Å²) in [6.07, 6.45) is 2.07. The van der Waals surface area contributed by atoms with Crippen molar-refractivity contribution in [3.63, 3.8) is 0 Å². The number of ether oxygens (including phenoxy) is 1. The number of nitrogens with zero attached hydrogens (tertiary/aromatic N) is 1. The number of rotatable bonds is 6. The van der Waals surface area contributed by atoms with E-state index in [1.54, 1.807) is 13.3 Å². The predicted octanol–water partition coefficient (Wildman–Crippen LogP) is 3.99. The fourth-order valence-corrected chi connectivity index (χ4v) is 2.69. The Kier molecular flexibility index (Phi) is 5.14. The van der Waals surface area contributed by atoms with Crippen LogP contribution in [0, 0.1) is 6.92 Å². The standard InChI is InChI=1S/C20H21N3O2/c1-14-8-9-18(25-2)17(13-14)21-12-10-19(24)23-16-7-3-5-15-6-4-11-22-20(15)16/h3-9,11,13,21H,10,12H2,1-2H3,(H,23,24). The number of para-hydroxylation sites is 1. The molecule has 1 aromatic heterocycles. The van der Waals surface area contributed by atoms with E-state index in [0.29, 0.717) is 13.0 Å². The van der Waals surface area contributed by atoms with E-state index in [1.165, 1.54) is 0 Å². The number of fused-ring (bicyclic) bond motifs is 1. The number of amides is 1. The average molecular weight is 335 g/mol. The van der Waals surface area contributed by atoms with Crippen LogP contribution < -0.4 is 15.4 Å². The van der Waals surface area contributed by atoms with Crippen molar-refractivity contribution < 1.29 is 9.53 Å². The second-order valence-corrected chi connectivity index (χ2v) is 5.81. The molecular formula is C20H21N3O2. The number of methoxy groups -OCH3 is 1. The van der Waals surface area contributed by atoms with Gasteiger partial charge in [-0.15, -0.1) is 0 Å². The van der Waals surface area contributed by atoms with E-state index >= 15 is 0 Å². The minimum atomic E-state index is -0.0581. The molecule has 0 spiro atoms. The summed E-state index contributed by atoms with van der Waals surface area (Å²) in [6, 6.07) is 15.5. The van der Waals surface area contributed by atoms with Gasteiger partial charge in [-0.25, -0.2) is 0 Å². The van der Waals surface area contributed by atoms with Gasteiger partial charge < -0.3 is 15.4 Å². The highest BCUT2D eigenvalue weighted by molar-refractivity contribution is 6.00. The first kappa shape index (κ1) is 16.8. The van der Waals surface area contributed by atoms with Gasteiger partial charge >= 0.3 is 0 Å². The molecule has 1 heterocycles. The number of hydrogen-bond acceptors (Lipinski definition) is 4. The molecule has 5 heteroatoms. The second-order valence-electron chi connectivity index (χ2n) is 5.81. The lowest BCUT2D eigenvalue weighted by Gasteiger charge is -2.12. The first-order valence-corrected chi connectivity index (χ1v) is 8.19. The van der Waals surface area contributed by atoms with Crippen LogP contribution in [-0.4, -0.2) is 24.5 Å². The molecule has 0 bridgehead atoms. The lowest BCUT2D eigenvalue weighted by molar-refractivity contribution is -0.115. The van der Waals surface area contributed by atoms with Gasteiger partial charge in [-0.2, -0.15) is 0 Å². The molecule has 5 nitrogen and oxygen atoms in total. The van der Waals surface area contributed by atoms with E-state index in [1.807, 2.05) is 55.5 Å². The SMILES string of the molecule is COc1ccc(C)cc1NCCC(=O)Nc1cccc2cccnc12. The summed E-state index contributed by atoms with van der Waals surface area (Å²) in [5, 5.41) is 7.20. The zero-order valence-electron chi connectivity index (χ0n) is 14.4. The number of aromatic nitrogens is 1. The highest BCUT2D eigenvalue weighted by atomic mass is 16.5. The molecule has 2 aromatic carbocycles. The van der Waals surface area contributed by atoms with Crippen LogP contribution >= 0.6 is 0 Å². The molecule has 2 N–H and O–H groups in total. The van der Waals surface area contributed by atoms with E-state index in [9.17, 15) is 4.79 Å². The molecule has 3 rings (SSSR count). The monoisotopic (exact) mass is 335 g/mol. The summed E-state index contributed by atoms with van der Waals surface area (Å²) in [5.41, 5.74) is 3.56. The Hall–Kier alpha value is -3.08. The predicted molar refractivity (Wildman–Crippen MR) is 101 cm³/mol. The van der Waals surface area contributed by atoms with Crippen molar-refractivity contribution in [2.45, 2.75) is 13.3 Å². The van der Waals surface area contributed by atoms with Crippen molar-refractivity contribution in [3.05, 3.63) is 60.3 Å². The van der Waals surface area contributed by atoms with Gasteiger partial charge in [-0.3, -0.25) is 9.78 Å². The van der Waals surface area contributed by atoms with Crippen LogP contribution in [0.2, 0.25) is 0 Å². The van der Waals surface area contributed by atoms with Gasteiger partial charge in [0.1, 0.15) is 5.75 Å². The number of hydrogen-bond donors (Lipinski definition) is 2. The topological polar surface area (TPSA) is 63.2 Å². The average Bonchev–Trinajstić information content (AvgIpc) is 2.62. The van der Waals surface area contributed by atoms with Crippen molar-refractivity contribution in [3.8, 4) is 5.75 Å². The molecular weight excluding hydrogens is 314 g/mol. The normalized spacial score (nSPS) is 10.5. The Morgan fingerprint density at radius 1 is 1.12 bits per heavy atom. The molecule has 0 saturated carbocycles. The molecule has 0 aliphatic rings. The van der Waals surface area contributed by atoms with E-state index in [4.69, 9.17) is 4.74 Å². The van der Waals surface area contributed by atoms with Crippen LogP contribution in [0.5, 0.6) is 5.75 Å². The first-order valence-electron chi connectivity index (χ1n) is 8.19. The lowest BCUT2D eigenvalue weighted by Crippen LogP contribution is -2.16. The maximum atomic E-state index is 12.3. The van der Waals surface area contributed by atoms with Crippen molar-refractivity contribution in [1.82, 2.24) is 4.98 Å². The third-order valence-electron chi connectivity index (χ3n) is 3.93. The van der Waals surface area contributed by atoms with Gasteiger partial charge in [-0.05, 0) is 36.8 Å². The number of nitrogens with one attached hydrogen (secondary N) is 2. The van der Waals surface area contributed by atoms with Crippen molar-refractivity contribution in [1.29, 1.82) is 0 Å². The van der Waals surface area contributed by atoms with Crippen molar-refractivity contribution >= 4 is 28.2 Å². The smallest absolute Gasteiger partial charge is 0.226 e. The third-order valence-corrected chi connectivity index (χ3v) is 3.93. The van der Waals surface area contributed by atoms with E-state index in [0.717, 1.165) is 33.6 Å². The number of benzene rings is 2. The molecule has 0 fully saturated rings. The Bertz CT molecular complexity index is 888. The summed E-state index contributed by atoms with van der Waals surface area (Å²) in [7, 11) is 1.63. The third kappa shape index (κ3) is 4.07. The van der Waals surface area contributed by atoms with Gasteiger partial charge in [0.25, 0.3) is 0 Å². The minimum absolute atomic E-state index is 0.0581. The number of pyridine rings is 1. The molecule has 0 aliphatic heterocycles. The number of anilines is 2. The van der Waals surface area contributed by atoms with Crippen LogP contribution in [0.1, 0.15) is 12.0 Å². The number of aryl methyl sites for hydroxylation is 1. The van der Waals surface area contributed by atoms with Crippen LogP contribution in [-0.2, 0) is 4.79 Å². The fourth-order valence-electron chi connectivity index (χ4n) is 2.69. The van der Waals surface area contributed by atoms with Gasteiger partial charge in [0, 0.05) is 24.5 Å². The van der Waals surface area contributed by atoms with Crippen LogP contribution in [0.4, 0.5) is 11.4 Å². The van der Waals surface area contributed by atoms with Gasteiger partial charge in [0.2, 0.25) is 5.91 Å². The van der Waals surface area contributed by atoms with Crippen LogP contribution in [0.3, 0.4) is 0 Å². The summed E-state index contributed by atoms with van der Waals surface area (Å²) in [6.45, 7) is 2.54. The molecule has 0 radical (unpaired) electrons. The highest BCUT2D eigenvalue weighted by Crippen LogP contribution is 2.25. The summed E-state index contributed by atoms with van der Waals surface area (Å²) >= 11 is 0. The van der Waals surface area contributed by atoms with Crippen molar-refractivity contribution in [2.75, 3.05) is 24.3 Å². The van der Waals surface area contributed by atoms with Gasteiger partial charge in [0.15, 0.2) is 0 Å². The number of carbonyl (C=O) groups is 1. The zero-order chi connectivity index (χ0) is 17.6. The van der Waals surface area contributed by atoms with E-state index in [-0.39, 0.29) is 5.91 Å². The van der Waals surface area contributed by atoms with Crippen LogP contribution in [0.15, 0.2) is 54.7 Å². The summed E-state index contributed by atoms with van der Waals surface area (Å²) in [4.78, 5) is 16.6. The summed E-state index contributed by atoms with van der Waals surface area (Å²) in [5.74, 6) is 0.710. The van der Waals surface area contributed by atoms with Gasteiger partial charge in [-0.1, -0.05) is 24.3 Å². The molecule has 0 saturated heterocycles. The Morgan fingerprint density at radius 2 is 1.96 bits per heavy atom. The van der Waals surface area contributed by atoms with Crippen LogP contribution in [0.25, 0.3) is 10.9 Å². The number of carbonyl (C=O) groups excluding carboxylic acids is 1. The maximum Gasteiger partial charge on any atom is 0.226 e. The Morgan fingerprint density at radius 3 is 2.80 bits per heavy atom. The molecule has 1 amide bonds. The minimum Gasteiger partial charge on any atom is -0.495 e. The molecule has 0 atom stereocenters. The highest BCUT2D eigenvalue weighted by Gasteiger charge is 2.08. The molecule has 0 unspecified atom stereocenters. The fraction of sp³-hybridized carbons (Fsp3) is 0.200. The largest absolute Gasteiger partial charge is 0.495 e. The Balaban J connectivity index is 1.61. The maximum absolute atomic E-state index is 12.3. The first-order chi connectivity index (χ1) is 12.2. The molecule has 0 aliphatic carbocycles. The van der Waals surface area contributed by atoms with E-state index < -0.39 is 0 Å². The summed E-state index contributed by atoms with van der Waals surface area (Å²) < 4.78 is 5.33. The van der Waals surface area contributed by atoms with Gasteiger partial charge in [0.05, 0.1) is 24.0 Å². The van der Waals surface area contributed by atoms with Crippen molar-refractivity contribution in [2.24, 2.45) is 0 Å². The lowest BCUT2D eigenvalue weighted by atomic mass is 10.2. The quantitative estimate of drug-likeness (QED) is 0.715. The zero-order valence-corrected chi connectivity index (χ0v) is 14.4. The second kappa shape index (κ2) is 7.66. The molecule has 128 valence electrons. The molecule has 3 aromatic rings. The van der Waals surface area contributed by atoms with E-state index in [2.05, 4.69) is 15.6 Å². The Labute approximate surface area is 147 Å².